The number of hydrogen-bond acceptors (Lipinski definition) is 4. The standard InChI is InChI=1S/C25H32O4/c1-6-15-7-9-16(10-8-15)21(22-17(26)11-24(2,3)12-18(22)27)23-19(28)13-25(4,5)14-20(23)29/h7-10,21-23H,6,11-14H2,1-5H3. The fraction of sp³-hybridized carbons (Fsp3) is 0.600. The van der Waals surface area contributed by atoms with E-state index in [9.17, 15) is 19.2 Å². The van der Waals surface area contributed by atoms with Crippen LogP contribution in [0.4, 0.5) is 0 Å². The zero-order chi connectivity index (χ0) is 21.6. The molecule has 0 aliphatic heterocycles. The smallest absolute Gasteiger partial charge is 0.144 e. The van der Waals surface area contributed by atoms with Crippen molar-refractivity contribution in [3.63, 3.8) is 0 Å². The third-order valence-corrected chi connectivity index (χ3v) is 6.49. The second-order valence-electron chi connectivity index (χ2n) is 10.5. The van der Waals surface area contributed by atoms with E-state index in [1.54, 1.807) is 0 Å². The van der Waals surface area contributed by atoms with Crippen molar-refractivity contribution in [1.82, 2.24) is 0 Å². The van der Waals surface area contributed by atoms with Crippen LogP contribution in [0.2, 0.25) is 0 Å². The first-order valence-corrected chi connectivity index (χ1v) is 10.6. The molecule has 0 heterocycles. The molecule has 4 heteroatoms. The molecule has 1 aromatic carbocycles. The number of carbonyl (C=O) groups is 4. The quantitative estimate of drug-likeness (QED) is 0.704. The lowest BCUT2D eigenvalue weighted by atomic mass is 9.59. The zero-order valence-electron chi connectivity index (χ0n) is 18.2. The third-order valence-electron chi connectivity index (χ3n) is 6.49. The van der Waals surface area contributed by atoms with E-state index in [1.165, 1.54) is 0 Å². The summed E-state index contributed by atoms with van der Waals surface area (Å²) in [6.45, 7) is 9.74. The van der Waals surface area contributed by atoms with Crippen molar-refractivity contribution in [2.45, 2.75) is 72.6 Å². The minimum atomic E-state index is -0.908. The summed E-state index contributed by atoms with van der Waals surface area (Å²) in [5.74, 6) is -3.05. The van der Waals surface area contributed by atoms with Gasteiger partial charge < -0.3 is 0 Å². The Balaban J connectivity index is 2.07. The third kappa shape index (κ3) is 4.41. The van der Waals surface area contributed by atoms with Crippen LogP contribution in [0.25, 0.3) is 0 Å². The molecule has 4 nitrogen and oxygen atoms in total. The molecule has 3 rings (SSSR count). The van der Waals surface area contributed by atoms with Gasteiger partial charge >= 0.3 is 0 Å². The van der Waals surface area contributed by atoms with Crippen molar-refractivity contribution in [2.75, 3.05) is 0 Å². The first kappa shape index (κ1) is 21.6. The topological polar surface area (TPSA) is 68.3 Å². The molecule has 29 heavy (non-hydrogen) atoms. The van der Waals surface area contributed by atoms with Gasteiger partial charge in [-0.25, -0.2) is 0 Å². The monoisotopic (exact) mass is 396 g/mol. The average Bonchev–Trinajstić information content (AvgIpc) is 2.57. The molecule has 2 aliphatic carbocycles. The van der Waals surface area contributed by atoms with Gasteiger partial charge in [-0.15, -0.1) is 0 Å². The van der Waals surface area contributed by atoms with E-state index in [4.69, 9.17) is 0 Å². The number of carbonyl (C=O) groups excluding carboxylic acids is 4. The van der Waals surface area contributed by atoms with Crippen LogP contribution in [0.15, 0.2) is 24.3 Å². The van der Waals surface area contributed by atoms with Crippen LogP contribution in [-0.2, 0) is 25.6 Å². The SMILES string of the molecule is CCc1ccc(C(C2C(=O)CC(C)(C)CC2=O)C2C(=O)CC(C)(C)CC2=O)cc1. The molecule has 2 saturated carbocycles. The van der Waals surface area contributed by atoms with E-state index in [0.29, 0.717) is 25.7 Å². The van der Waals surface area contributed by atoms with E-state index in [0.717, 1.165) is 17.5 Å². The minimum absolute atomic E-state index is 0.138. The van der Waals surface area contributed by atoms with Crippen LogP contribution < -0.4 is 0 Å². The lowest BCUT2D eigenvalue weighted by Gasteiger charge is -2.41. The van der Waals surface area contributed by atoms with Crippen molar-refractivity contribution in [3.05, 3.63) is 35.4 Å². The summed E-state index contributed by atoms with van der Waals surface area (Å²) in [6.07, 6.45) is 2.07. The van der Waals surface area contributed by atoms with Gasteiger partial charge in [0.25, 0.3) is 0 Å². The fourth-order valence-corrected chi connectivity index (χ4v) is 5.16. The fourth-order valence-electron chi connectivity index (χ4n) is 5.16. The summed E-state index contributed by atoms with van der Waals surface area (Å²) in [6, 6.07) is 7.71. The van der Waals surface area contributed by atoms with Crippen LogP contribution >= 0.6 is 0 Å². The molecule has 0 N–H and O–H groups in total. The highest BCUT2D eigenvalue weighted by molar-refractivity contribution is 6.11. The Kier molecular flexibility index (Phi) is 5.68. The lowest BCUT2D eigenvalue weighted by Crippen LogP contribution is -2.48. The van der Waals surface area contributed by atoms with Crippen LogP contribution in [0.3, 0.4) is 0 Å². The summed E-state index contributed by atoms with van der Waals surface area (Å²) in [5.41, 5.74) is 1.14. The van der Waals surface area contributed by atoms with Crippen LogP contribution in [0.1, 0.15) is 77.3 Å². The molecule has 156 valence electrons. The Morgan fingerprint density at radius 1 is 0.724 bits per heavy atom. The molecule has 0 bridgehead atoms. The second-order valence-corrected chi connectivity index (χ2v) is 10.5. The highest BCUT2D eigenvalue weighted by Crippen LogP contribution is 2.47. The van der Waals surface area contributed by atoms with E-state index in [-0.39, 0.29) is 34.0 Å². The van der Waals surface area contributed by atoms with Crippen LogP contribution in [0.5, 0.6) is 0 Å². The van der Waals surface area contributed by atoms with E-state index >= 15 is 0 Å². The molecular weight excluding hydrogens is 364 g/mol. The number of aryl methyl sites for hydroxylation is 1. The van der Waals surface area contributed by atoms with Gasteiger partial charge in [0.2, 0.25) is 0 Å². The largest absolute Gasteiger partial charge is 0.299 e. The molecule has 0 saturated heterocycles. The van der Waals surface area contributed by atoms with Gasteiger partial charge in [-0.3, -0.25) is 19.2 Å². The zero-order valence-corrected chi connectivity index (χ0v) is 18.2. The minimum Gasteiger partial charge on any atom is -0.299 e. The Labute approximate surface area is 173 Å². The van der Waals surface area contributed by atoms with Crippen molar-refractivity contribution in [1.29, 1.82) is 0 Å². The van der Waals surface area contributed by atoms with E-state index < -0.39 is 17.8 Å². The van der Waals surface area contributed by atoms with E-state index in [1.807, 2.05) is 52.0 Å². The van der Waals surface area contributed by atoms with Gasteiger partial charge in [-0.2, -0.15) is 0 Å². The molecule has 1 aromatic rings. The van der Waals surface area contributed by atoms with Gasteiger partial charge in [-0.05, 0) is 28.4 Å². The van der Waals surface area contributed by atoms with Gasteiger partial charge in [0.05, 0.1) is 11.8 Å². The Morgan fingerprint density at radius 3 is 1.38 bits per heavy atom. The molecule has 0 radical (unpaired) electrons. The van der Waals surface area contributed by atoms with Crippen molar-refractivity contribution in [3.8, 4) is 0 Å². The Hall–Kier alpha value is -2.10. The Bertz CT molecular complexity index is 756. The molecule has 2 aliphatic rings. The molecule has 0 unspecified atom stereocenters. The van der Waals surface area contributed by atoms with E-state index in [2.05, 4.69) is 6.92 Å². The molecule has 0 amide bonds. The van der Waals surface area contributed by atoms with Gasteiger partial charge in [0.15, 0.2) is 0 Å². The number of hydrogen-bond donors (Lipinski definition) is 0. The Morgan fingerprint density at radius 2 is 1.07 bits per heavy atom. The first-order chi connectivity index (χ1) is 13.4. The average molecular weight is 397 g/mol. The van der Waals surface area contributed by atoms with Crippen molar-refractivity contribution < 1.29 is 19.2 Å². The van der Waals surface area contributed by atoms with Crippen molar-refractivity contribution >= 4 is 23.1 Å². The lowest BCUT2D eigenvalue weighted by molar-refractivity contribution is -0.145. The summed E-state index contributed by atoms with van der Waals surface area (Å²) in [4.78, 5) is 52.4. The van der Waals surface area contributed by atoms with Gasteiger partial charge in [0.1, 0.15) is 23.1 Å². The molecule has 0 spiro atoms. The second kappa shape index (κ2) is 7.62. The molecule has 0 atom stereocenters. The summed E-state index contributed by atoms with van der Waals surface area (Å²) >= 11 is 0. The highest BCUT2D eigenvalue weighted by Gasteiger charge is 2.52. The first-order valence-electron chi connectivity index (χ1n) is 10.6. The number of ketones is 4. The van der Waals surface area contributed by atoms with Crippen LogP contribution in [-0.4, -0.2) is 23.1 Å². The maximum Gasteiger partial charge on any atom is 0.144 e. The molecular formula is C25H32O4. The van der Waals surface area contributed by atoms with Gasteiger partial charge in [-0.1, -0.05) is 58.9 Å². The summed E-state index contributed by atoms with van der Waals surface area (Å²) in [5, 5.41) is 0. The molecule has 2 fully saturated rings. The van der Waals surface area contributed by atoms with Crippen molar-refractivity contribution in [2.24, 2.45) is 22.7 Å². The van der Waals surface area contributed by atoms with Gasteiger partial charge in [0, 0.05) is 31.6 Å². The predicted molar refractivity (Wildman–Crippen MR) is 112 cm³/mol. The number of rotatable bonds is 4. The number of benzene rings is 1. The van der Waals surface area contributed by atoms with Crippen LogP contribution in [0, 0.1) is 22.7 Å². The maximum absolute atomic E-state index is 13.1. The normalized spacial score (nSPS) is 23.1. The highest BCUT2D eigenvalue weighted by atomic mass is 16.2. The predicted octanol–water partition coefficient (Wildman–Crippen LogP) is 4.48. The summed E-state index contributed by atoms with van der Waals surface area (Å²) in [7, 11) is 0. The maximum atomic E-state index is 13.1. The number of Topliss-reactive ketones (excluding diaryl/α,β-unsaturated/α-hetero) is 4. The summed E-state index contributed by atoms with van der Waals surface area (Å²) < 4.78 is 0. The molecule has 0 aromatic heterocycles.